The molecule has 1 aromatic heterocycles. The largest absolute Gasteiger partial charge is 0.390 e. The molecule has 96 valence electrons. The summed E-state index contributed by atoms with van der Waals surface area (Å²) in [5.41, 5.74) is 0. The highest BCUT2D eigenvalue weighted by atomic mass is 32.1. The normalized spacial score (nSPS) is 21.3. The van der Waals surface area contributed by atoms with Crippen LogP contribution in [0, 0.1) is 5.92 Å². The molecule has 4 heteroatoms. The van der Waals surface area contributed by atoms with Crippen LogP contribution in [-0.2, 0) is 11.2 Å². The van der Waals surface area contributed by atoms with E-state index >= 15 is 0 Å². The lowest BCUT2D eigenvalue weighted by atomic mass is 9.82. The lowest BCUT2D eigenvalue weighted by Gasteiger charge is -2.32. The van der Waals surface area contributed by atoms with Crippen LogP contribution in [0.15, 0.2) is 11.6 Å². The molecule has 0 bridgehead atoms. The Kier molecular flexibility index (Phi) is 4.95. The van der Waals surface area contributed by atoms with Crippen molar-refractivity contribution in [2.45, 2.75) is 50.7 Å². The summed E-state index contributed by atoms with van der Waals surface area (Å²) in [6.45, 7) is 0. The van der Waals surface area contributed by atoms with Gasteiger partial charge in [0.25, 0.3) is 0 Å². The minimum atomic E-state index is -0.422. The van der Waals surface area contributed by atoms with E-state index < -0.39 is 6.10 Å². The summed E-state index contributed by atoms with van der Waals surface area (Å²) < 4.78 is 5.53. The topological polar surface area (TPSA) is 42.4 Å². The summed E-state index contributed by atoms with van der Waals surface area (Å²) in [4.78, 5) is 4.22. The Hall–Kier alpha value is -0.450. The fraction of sp³-hybridized carbons (Fsp3) is 0.769. The van der Waals surface area contributed by atoms with Crippen molar-refractivity contribution in [1.82, 2.24) is 4.98 Å². The quantitative estimate of drug-likeness (QED) is 0.879. The van der Waals surface area contributed by atoms with Crippen LogP contribution in [0.4, 0.5) is 0 Å². The van der Waals surface area contributed by atoms with Gasteiger partial charge in [-0.25, -0.2) is 4.98 Å². The lowest BCUT2D eigenvalue weighted by Crippen LogP contribution is -2.37. The zero-order valence-corrected chi connectivity index (χ0v) is 11.2. The number of hydrogen-bond donors (Lipinski definition) is 1. The second kappa shape index (κ2) is 6.47. The maximum Gasteiger partial charge on any atom is 0.0951 e. The molecule has 1 N–H and O–H groups in total. The van der Waals surface area contributed by atoms with E-state index in [2.05, 4.69) is 4.98 Å². The molecule has 1 aliphatic carbocycles. The average Bonchev–Trinajstić information content (AvgIpc) is 2.84. The second-order valence-corrected chi connectivity index (χ2v) is 5.77. The first-order valence-electron chi connectivity index (χ1n) is 6.40. The molecular weight excluding hydrogens is 234 g/mol. The zero-order valence-electron chi connectivity index (χ0n) is 10.3. The number of thiazole rings is 1. The van der Waals surface area contributed by atoms with Crippen molar-refractivity contribution in [2.75, 3.05) is 7.11 Å². The minimum Gasteiger partial charge on any atom is -0.390 e. The highest BCUT2D eigenvalue weighted by Crippen LogP contribution is 2.30. The van der Waals surface area contributed by atoms with Gasteiger partial charge in [0.2, 0.25) is 0 Å². The van der Waals surface area contributed by atoms with Crippen LogP contribution in [0.2, 0.25) is 0 Å². The Morgan fingerprint density at radius 2 is 2.24 bits per heavy atom. The summed E-state index contributed by atoms with van der Waals surface area (Å²) in [7, 11) is 1.71. The average molecular weight is 255 g/mol. The van der Waals surface area contributed by atoms with E-state index in [1.165, 1.54) is 32.1 Å². The number of ether oxygens (including phenoxy) is 1. The molecule has 0 radical (unpaired) electrons. The molecule has 0 amide bonds. The minimum absolute atomic E-state index is 0.0285. The molecule has 2 unspecified atom stereocenters. The zero-order chi connectivity index (χ0) is 12.1. The first-order valence-corrected chi connectivity index (χ1v) is 7.28. The lowest BCUT2D eigenvalue weighted by molar-refractivity contribution is -0.0535. The molecule has 1 aliphatic rings. The Morgan fingerprint density at radius 1 is 1.47 bits per heavy atom. The number of methoxy groups -OCH3 is 1. The Bertz CT molecular complexity index is 309. The Labute approximate surface area is 107 Å². The summed E-state index contributed by atoms with van der Waals surface area (Å²) >= 11 is 1.60. The summed E-state index contributed by atoms with van der Waals surface area (Å²) in [5, 5.41) is 13.2. The van der Waals surface area contributed by atoms with E-state index in [4.69, 9.17) is 4.74 Å². The van der Waals surface area contributed by atoms with Crippen LogP contribution in [-0.4, -0.2) is 29.4 Å². The van der Waals surface area contributed by atoms with Crippen molar-refractivity contribution in [2.24, 2.45) is 5.92 Å². The maximum absolute atomic E-state index is 10.3. The van der Waals surface area contributed by atoms with E-state index in [1.807, 2.05) is 5.38 Å². The molecule has 1 aromatic rings. The number of aromatic nitrogens is 1. The van der Waals surface area contributed by atoms with E-state index in [0.717, 1.165) is 5.01 Å². The van der Waals surface area contributed by atoms with Crippen molar-refractivity contribution in [3.63, 3.8) is 0 Å². The van der Waals surface area contributed by atoms with Crippen LogP contribution in [0.5, 0.6) is 0 Å². The monoisotopic (exact) mass is 255 g/mol. The number of rotatable bonds is 5. The predicted octanol–water partition coefficient (Wildman–Crippen LogP) is 2.64. The molecule has 0 aromatic carbocycles. The van der Waals surface area contributed by atoms with Gasteiger partial charge in [0.05, 0.1) is 17.2 Å². The highest BCUT2D eigenvalue weighted by Gasteiger charge is 2.29. The van der Waals surface area contributed by atoms with E-state index in [0.29, 0.717) is 12.3 Å². The molecule has 1 saturated carbocycles. The van der Waals surface area contributed by atoms with Crippen LogP contribution < -0.4 is 0 Å². The smallest absolute Gasteiger partial charge is 0.0951 e. The van der Waals surface area contributed by atoms with Crippen molar-refractivity contribution in [3.8, 4) is 0 Å². The predicted molar refractivity (Wildman–Crippen MR) is 69.2 cm³/mol. The van der Waals surface area contributed by atoms with Crippen LogP contribution in [0.3, 0.4) is 0 Å². The fourth-order valence-electron chi connectivity index (χ4n) is 2.78. The van der Waals surface area contributed by atoms with E-state index in [9.17, 15) is 5.11 Å². The van der Waals surface area contributed by atoms with Gasteiger partial charge in [-0.1, -0.05) is 19.3 Å². The summed E-state index contributed by atoms with van der Waals surface area (Å²) in [6, 6.07) is 0. The van der Waals surface area contributed by atoms with Gasteiger partial charge in [-0.15, -0.1) is 11.3 Å². The van der Waals surface area contributed by atoms with Crippen molar-refractivity contribution < 1.29 is 9.84 Å². The van der Waals surface area contributed by atoms with Crippen molar-refractivity contribution in [1.29, 1.82) is 0 Å². The Balaban J connectivity index is 1.92. The maximum atomic E-state index is 10.3. The third kappa shape index (κ3) is 3.50. The molecule has 2 atom stereocenters. The summed E-state index contributed by atoms with van der Waals surface area (Å²) in [5.74, 6) is 0.517. The Morgan fingerprint density at radius 3 is 2.82 bits per heavy atom. The van der Waals surface area contributed by atoms with Gasteiger partial charge < -0.3 is 9.84 Å². The third-order valence-electron chi connectivity index (χ3n) is 3.63. The second-order valence-electron chi connectivity index (χ2n) is 4.80. The molecule has 0 saturated heterocycles. The molecular formula is C13H21NO2S. The molecule has 0 spiro atoms. The van der Waals surface area contributed by atoms with Gasteiger partial charge in [0.1, 0.15) is 0 Å². The number of hydrogen-bond acceptors (Lipinski definition) is 4. The fourth-order valence-corrected chi connectivity index (χ4v) is 3.44. The van der Waals surface area contributed by atoms with Crippen LogP contribution >= 0.6 is 11.3 Å². The van der Waals surface area contributed by atoms with E-state index in [1.54, 1.807) is 24.6 Å². The van der Waals surface area contributed by atoms with Gasteiger partial charge in [-0.05, 0) is 18.8 Å². The van der Waals surface area contributed by atoms with E-state index in [-0.39, 0.29) is 6.10 Å². The van der Waals surface area contributed by atoms with Gasteiger partial charge in [0, 0.05) is 25.1 Å². The van der Waals surface area contributed by atoms with Gasteiger partial charge in [-0.3, -0.25) is 0 Å². The van der Waals surface area contributed by atoms with Crippen molar-refractivity contribution in [3.05, 3.63) is 16.6 Å². The molecule has 2 rings (SSSR count). The number of nitrogens with zero attached hydrogens (tertiary/aromatic N) is 1. The molecule has 1 heterocycles. The van der Waals surface area contributed by atoms with Crippen LogP contribution in [0.1, 0.15) is 37.1 Å². The molecule has 3 nitrogen and oxygen atoms in total. The first-order chi connectivity index (χ1) is 8.31. The number of aliphatic hydroxyl groups is 1. The third-order valence-corrected chi connectivity index (χ3v) is 4.44. The SMILES string of the molecule is COC(C(O)Cc1nccs1)C1CCCCC1. The van der Waals surface area contributed by atoms with Gasteiger partial charge in [0.15, 0.2) is 0 Å². The number of aliphatic hydroxyl groups excluding tert-OH is 1. The summed E-state index contributed by atoms with van der Waals surface area (Å²) in [6.07, 6.45) is 8.20. The van der Waals surface area contributed by atoms with Crippen molar-refractivity contribution >= 4 is 11.3 Å². The first kappa shape index (κ1) is 13.0. The molecule has 17 heavy (non-hydrogen) atoms. The standard InChI is InChI=1S/C13H21NO2S/c1-16-13(10-5-3-2-4-6-10)11(15)9-12-14-7-8-17-12/h7-8,10-11,13,15H,2-6,9H2,1H3. The van der Waals surface area contributed by atoms with Gasteiger partial charge >= 0.3 is 0 Å². The van der Waals surface area contributed by atoms with Crippen LogP contribution in [0.25, 0.3) is 0 Å². The molecule has 1 fully saturated rings. The van der Waals surface area contributed by atoms with Gasteiger partial charge in [-0.2, -0.15) is 0 Å². The molecule has 0 aliphatic heterocycles. The highest BCUT2D eigenvalue weighted by molar-refractivity contribution is 7.09.